The van der Waals surface area contributed by atoms with E-state index < -0.39 is 18.6 Å². The molecule has 17 heavy (non-hydrogen) atoms. The number of hydrogen-bond donors (Lipinski definition) is 1. The van der Waals surface area contributed by atoms with Crippen molar-refractivity contribution < 1.29 is 22.7 Å². The maximum absolute atomic E-state index is 11.8. The number of unbranched alkanes of at least 4 members (excludes halogenated alkanes) is 1. The fourth-order valence-electron chi connectivity index (χ4n) is 1.11. The molecule has 0 rings (SSSR count). The molecule has 3 nitrogen and oxygen atoms in total. The fraction of sp³-hybridized carbons (Fsp3) is 0.727. The Hall–Kier alpha value is -1.04. The van der Waals surface area contributed by atoms with Gasteiger partial charge in [-0.2, -0.15) is 13.2 Å². The Morgan fingerprint density at radius 2 is 2.06 bits per heavy atom. The van der Waals surface area contributed by atoms with E-state index in [1.807, 2.05) is 0 Å². The number of hydrogen-bond acceptors (Lipinski definition) is 3. The highest BCUT2D eigenvalue weighted by Gasteiger charge is 2.25. The molecule has 0 aromatic rings. The zero-order valence-corrected chi connectivity index (χ0v) is 9.85. The molecule has 0 heterocycles. The van der Waals surface area contributed by atoms with Gasteiger partial charge in [0.25, 0.3) is 0 Å². The molecule has 0 radical (unpaired) electrons. The van der Waals surface area contributed by atoms with E-state index in [-0.39, 0.29) is 6.42 Å². The van der Waals surface area contributed by atoms with Crippen LogP contribution in [0, 0.1) is 0 Å². The molecule has 0 saturated carbocycles. The topological polar surface area (TPSA) is 38.3 Å². The molecule has 0 aromatic heterocycles. The number of alkyl halides is 3. The second-order valence-corrected chi connectivity index (χ2v) is 3.43. The van der Waals surface area contributed by atoms with Crippen LogP contribution in [0.5, 0.6) is 0 Å². The van der Waals surface area contributed by atoms with Crippen LogP contribution < -0.4 is 5.32 Å². The van der Waals surface area contributed by atoms with Crippen LogP contribution in [0.25, 0.3) is 0 Å². The van der Waals surface area contributed by atoms with Gasteiger partial charge in [-0.05, 0) is 26.3 Å². The SMILES string of the molecule is CCOC(=O)/C=C/CNCCCCC(F)(F)F. The van der Waals surface area contributed by atoms with Gasteiger partial charge in [0, 0.05) is 19.0 Å². The number of halogens is 3. The predicted octanol–water partition coefficient (Wildman–Crippen LogP) is 2.43. The molecule has 0 aliphatic rings. The van der Waals surface area contributed by atoms with Crippen LogP contribution in [0.4, 0.5) is 13.2 Å². The van der Waals surface area contributed by atoms with Crippen molar-refractivity contribution in [1.29, 1.82) is 0 Å². The second kappa shape index (κ2) is 9.04. The van der Waals surface area contributed by atoms with Crippen molar-refractivity contribution >= 4 is 5.97 Å². The lowest BCUT2D eigenvalue weighted by atomic mass is 10.2. The Morgan fingerprint density at radius 3 is 2.65 bits per heavy atom. The lowest BCUT2D eigenvalue weighted by Gasteiger charge is -2.05. The summed E-state index contributed by atoms with van der Waals surface area (Å²) in [6.45, 7) is 2.99. The van der Waals surface area contributed by atoms with E-state index in [2.05, 4.69) is 10.1 Å². The quantitative estimate of drug-likeness (QED) is 0.410. The minimum Gasteiger partial charge on any atom is -0.463 e. The molecule has 0 atom stereocenters. The number of nitrogens with one attached hydrogen (secondary N) is 1. The molecule has 0 fully saturated rings. The van der Waals surface area contributed by atoms with Crippen molar-refractivity contribution in [3.05, 3.63) is 12.2 Å². The Bertz CT molecular complexity index is 239. The van der Waals surface area contributed by atoms with Crippen LogP contribution in [0.15, 0.2) is 12.2 Å². The van der Waals surface area contributed by atoms with E-state index in [9.17, 15) is 18.0 Å². The summed E-state index contributed by atoms with van der Waals surface area (Å²) >= 11 is 0. The Kier molecular flexibility index (Phi) is 8.49. The van der Waals surface area contributed by atoms with Crippen molar-refractivity contribution in [3.8, 4) is 0 Å². The zero-order chi connectivity index (χ0) is 13.1. The van der Waals surface area contributed by atoms with Crippen molar-refractivity contribution in [1.82, 2.24) is 5.32 Å². The molecule has 1 N–H and O–H groups in total. The molecular formula is C11H18F3NO2. The van der Waals surface area contributed by atoms with Gasteiger partial charge in [-0.3, -0.25) is 0 Å². The van der Waals surface area contributed by atoms with Crippen LogP contribution in [0.2, 0.25) is 0 Å². The van der Waals surface area contributed by atoms with Gasteiger partial charge in [-0.25, -0.2) is 4.79 Å². The van der Waals surface area contributed by atoms with Gasteiger partial charge in [0.1, 0.15) is 0 Å². The van der Waals surface area contributed by atoms with Gasteiger partial charge >= 0.3 is 12.1 Å². The third-order valence-electron chi connectivity index (χ3n) is 1.87. The van der Waals surface area contributed by atoms with Crippen LogP contribution in [-0.2, 0) is 9.53 Å². The molecule has 0 aromatic carbocycles. The average Bonchev–Trinajstić information content (AvgIpc) is 2.21. The highest BCUT2D eigenvalue weighted by Crippen LogP contribution is 2.21. The monoisotopic (exact) mass is 253 g/mol. The minimum absolute atomic E-state index is 0.123. The fourth-order valence-corrected chi connectivity index (χ4v) is 1.11. The lowest BCUT2D eigenvalue weighted by molar-refractivity contribution is -0.137. The van der Waals surface area contributed by atoms with Gasteiger partial charge in [-0.15, -0.1) is 0 Å². The van der Waals surface area contributed by atoms with E-state index in [1.165, 1.54) is 6.08 Å². The Morgan fingerprint density at radius 1 is 1.35 bits per heavy atom. The first-order valence-electron chi connectivity index (χ1n) is 5.56. The number of carbonyl (C=O) groups excluding carboxylic acids is 1. The van der Waals surface area contributed by atoms with Crippen molar-refractivity contribution in [2.45, 2.75) is 32.4 Å². The third kappa shape index (κ3) is 12.9. The average molecular weight is 253 g/mol. The smallest absolute Gasteiger partial charge is 0.389 e. The van der Waals surface area contributed by atoms with E-state index in [0.717, 1.165) is 0 Å². The number of esters is 1. The summed E-state index contributed by atoms with van der Waals surface area (Å²) < 4.78 is 39.9. The molecular weight excluding hydrogens is 235 g/mol. The molecule has 0 unspecified atom stereocenters. The molecule has 6 heteroatoms. The number of rotatable bonds is 8. The van der Waals surface area contributed by atoms with Crippen molar-refractivity contribution in [2.75, 3.05) is 19.7 Å². The number of carbonyl (C=O) groups is 1. The van der Waals surface area contributed by atoms with Gasteiger partial charge in [0.05, 0.1) is 6.61 Å². The van der Waals surface area contributed by atoms with E-state index in [4.69, 9.17) is 0 Å². The normalized spacial score (nSPS) is 12.0. The predicted molar refractivity (Wildman–Crippen MR) is 58.5 cm³/mol. The highest BCUT2D eigenvalue weighted by atomic mass is 19.4. The van der Waals surface area contributed by atoms with Gasteiger partial charge < -0.3 is 10.1 Å². The summed E-state index contributed by atoms with van der Waals surface area (Å²) in [4.78, 5) is 10.8. The highest BCUT2D eigenvalue weighted by molar-refractivity contribution is 5.81. The first-order chi connectivity index (χ1) is 7.95. The molecule has 0 spiro atoms. The summed E-state index contributed by atoms with van der Waals surface area (Å²) in [6, 6.07) is 0. The molecule has 0 bridgehead atoms. The zero-order valence-electron chi connectivity index (χ0n) is 9.85. The van der Waals surface area contributed by atoms with Crippen molar-refractivity contribution in [2.24, 2.45) is 0 Å². The summed E-state index contributed by atoms with van der Waals surface area (Å²) in [5, 5.41) is 2.91. The summed E-state index contributed by atoms with van der Waals surface area (Å²) in [5.74, 6) is -0.411. The number of ether oxygens (including phenoxy) is 1. The Balaban J connectivity index is 3.32. The van der Waals surface area contributed by atoms with Crippen LogP contribution in [0.3, 0.4) is 0 Å². The maximum Gasteiger partial charge on any atom is 0.389 e. The first kappa shape index (κ1) is 16.0. The maximum atomic E-state index is 11.8. The lowest BCUT2D eigenvalue weighted by Crippen LogP contribution is -2.16. The summed E-state index contributed by atoms with van der Waals surface area (Å²) in [6.07, 6.45) is -1.34. The first-order valence-corrected chi connectivity index (χ1v) is 5.56. The van der Waals surface area contributed by atoms with Gasteiger partial charge in [0.2, 0.25) is 0 Å². The molecule has 0 amide bonds. The standard InChI is InChI=1S/C11H18F3NO2/c1-2-17-10(16)6-5-9-15-8-4-3-7-11(12,13)14/h5-6,15H,2-4,7-9H2,1H3/b6-5+. The van der Waals surface area contributed by atoms with Gasteiger partial charge in [-0.1, -0.05) is 6.08 Å². The van der Waals surface area contributed by atoms with Crippen molar-refractivity contribution in [3.63, 3.8) is 0 Å². The van der Waals surface area contributed by atoms with E-state index in [1.54, 1.807) is 13.0 Å². The Labute approximate surface area is 99.0 Å². The summed E-state index contributed by atoms with van der Waals surface area (Å²) in [7, 11) is 0. The second-order valence-electron chi connectivity index (χ2n) is 3.43. The largest absolute Gasteiger partial charge is 0.463 e. The summed E-state index contributed by atoms with van der Waals surface area (Å²) in [5.41, 5.74) is 0. The molecule has 0 saturated heterocycles. The van der Waals surface area contributed by atoms with E-state index >= 15 is 0 Å². The van der Waals surface area contributed by atoms with Gasteiger partial charge in [0.15, 0.2) is 0 Å². The van der Waals surface area contributed by atoms with Crippen LogP contribution >= 0.6 is 0 Å². The molecule has 100 valence electrons. The third-order valence-corrected chi connectivity index (χ3v) is 1.87. The molecule has 0 aliphatic heterocycles. The van der Waals surface area contributed by atoms with E-state index in [0.29, 0.717) is 26.1 Å². The molecule has 0 aliphatic carbocycles. The van der Waals surface area contributed by atoms with Crippen LogP contribution in [0.1, 0.15) is 26.2 Å². The van der Waals surface area contributed by atoms with Crippen LogP contribution in [-0.4, -0.2) is 31.8 Å². The minimum atomic E-state index is -4.07.